The summed E-state index contributed by atoms with van der Waals surface area (Å²) in [5.41, 5.74) is 6.99. The second-order valence-electron chi connectivity index (χ2n) is 6.04. The van der Waals surface area contributed by atoms with Crippen LogP contribution in [-0.2, 0) is 11.2 Å². The predicted octanol–water partition coefficient (Wildman–Crippen LogP) is 3.41. The molecule has 124 valence electrons. The summed E-state index contributed by atoms with van der Waals surface area (Å²) >= 11 is 0. The first-order valence-corrected chi connectivity index (χ1v) is 8.34. The summed E-state index contributed by atoms with van der Waals surface area (Å²) < 4.78 is 0. The quantitative estimate of drug-likeness (QED) is 0.815. The third kappa shape index (κ3) is 5.98. The van der Waals surface area contributed by atoms with Crippen molar-refractivity contribution in [3.8, 4) is 0 Å². The highest BCUT2D eigenvalue weighted by molar-refractivity contribution is 5.85. The van der Waals surface area contributed by atoms with Gasteiger partial charge in [-0.05, 0) is 24.8 Å². The molecule has 1 aromatic rings. The molecule has 2 rings (SSSR count). The summed E-state index contributed by atoms with van der Waals surface area (Å²) in [4.78, 5) is 14.7. The highest BCUT2D eigenvalue weighted by Gasteiger charge is 2.24. The van der Waals surface area contributed by atoms with E-state index in [0.717, 1.165) is 25.8 Å². The van der Waals surface area contributed by atoms with Crippen LogP contribution in [0.3, 0.4) is 0 Å². The Balaban J connectivity index is 0.00000242. The van der Waals surface area contributed by atoms with Crippen LogP contribution in [-0.4, -0.2) is 30.4 Å². The molecule has 22 heavy (non-hydrogen) atoms. The summed E-state index contributed by atoms with van der Waals surface area (Å²) in [6.45, 7) is 2.02. The van der Waals surface area contributed by atoms with Gasteiger partial charge in [-0.1, -0.05) is 56.0 Å². The number of nitrogens with two attached hydrogens (primary N) is 1. The van der Waals surface area contributed by atoms with Crippen LogP contribution < -0.4 is 5.73 Å². The molecule has 0 saturated heterocycles. The Morgan fingerprint density at radius 2 is 1.68 bits per heavy atom. The van der Waals surface area contributed by atoms with Gasteiger partial charge in [-0.2, -0.15) is 0 Å². The molecule has 1 saturated carbocycles. The maximum absolute atomic E-state index is 12.7. The Hall–Kier alpha value is -1.06. The molecule has 1 aromatic carbocycles. The zero-order valence-electron chi connectivity index (χ0n) is 13.4. The smallest absolute Gasteiger partial charge is 0.225 e. The first-order chi connectivity index (χ1) is 10.3. The SMILES string of the molecule is Cl.NCCN(CCc1ccccc1)C(=O)C1CCCCCC1. The van der Waals surface area contributed by atoms with Crippen molar-refractivity contribution in [3.05, 3.63) is 35.9 Å². The molecular formula is C18H29ClN2O. The molecule has 0 atom stereocenters. The van der Waals surface area contributed by atoms with Crippen molar-refractivity contribution in [2.24, 2.45) is 11.7 Å². The molecule has 1 aliphatic rings. The molecule has 4 heteroatoms. The number of benzene rings is 1. The monoisotopic (exact) mass is 324 g/mol. The molecular weight excluding hydrogens is 296 g/mol. The molecule has 0 bridgehead atoms. The van der Waals surface area contributed by atoms with Gasteiger partial charge in [0.1, 0.15) is 0 Å². The van der Waals surface area contributed by atoms with Gasteiger partial charge in [0, 0.05) is 25.6 Å². The summed E-state index contributed by atoms with van der Waals surface area (Å²) in [6.07, 6.45) is 8.00. The minimum absolute atomic E-state index is 0. The molecule has 0 heterocycles. The second-order valence-corrected chi connectivity index (χ2v) is 6.04. The molecule has 0 radical (unpaired) electrons. The molecule has 1 aliphatic carbocycles. The lowest BCUT2D eigenvalue weighted by atomic mass is 9.98. The van der Waals surface area contributed by atoms with Crippen LogP contribution >= 0.6 is 12.4 Å². The van der Waals surface area contributed by atoms with E-state index in [9.17, 15) is 4.79 Å². The van der Waals surface area contributed by atoms with Crippen molar-refractivity contribution in [3.63, 3.8) is 0 Å². The topological polar surface area (TPSA) is 46.3 Å². The fourth-order valence-electron chi connectivity index (χ4n) is 3.18. The standard InChI is InChI=1S/C18H28N2O.ClH/c19-13-15-20(14-12-16-8-4-3-5-9-16)18(21)17-10-6-1-2-7-11-17;/h3-5,8-9,17H,1-2,6-7,10-15,19H2;1H. The third-order valence-corrected chi connectivity index (χ3v) is 4.43. The van der Waals surface area contributed by atoms with Gasteiger partial charge in [0.05, 0.1) is 0 Å². The average Bonchev–Trinajstić information content (AvgIpc) is 2.81. The number of hydrogen-bond acceptors (Lipinski definition) is 2. The van der Waals surface area contributed by atoms with Crippen molar-refractivity contribution < 1.29 is 4.79 Å². The van der Waals surface area contributed by atoms with Crippen LogP contribution in [0.15, 0.2) is 30.3 Å². The van der Waals surface area contributed by atoms with Gasteiger partial charge >= 0.3 is 0 Å². The van der Waals surface area contributed by atoms with Crippen LogP contribution in [0.5, 0.6) is 0 Å². The lowest BCUT2D eigenvalue weighted by Gasteiger charge is -2.26. The summed E-state index contributed by atoms with van der Waals surface area (Å²) in [7, 11) is 0. The van der Waals surface area contributed by atoms with Gasteiger partial charge in [0.25, 0.3) is 0 Å². The van der Waals surface area contributed by atoms with E-state index in [1.807, 2.05) is 11.0 Å². The van der Waals surface area contributed by atoms with Gasteiger partial charge in [-0.15, -0.1) is 12.4 Å². The van der Waals surface area contributed by atoms with E-state index < -0.39 is 0 Å². The number of amides is 1. The molecule has 1 fully saturated rings. The zero-order valence-corrected chi connectivity index (χ0v) is 14.2. The minimum atomic E-state index is 0. The number of carbonyl (C=O) groups is 1. The summed E-state index contributed by atoms with van der Waals surface area (Å²) in [5, 5.41) is 0. The highest BCUT2D eigenvalue weighted by atomic mass is 35.5. The van der Waals surface area contributed by atoms with E-state index in [1.165, 1.54) is 31.2 Å². The maximum atomic E-state index is 12.7. The van der Waals surface area contributed by atoms with Gasteiger partial charge in [-0.25, -0.2) is 0 Å². The van der Waals surface area contributed by atoms with E-state index in [0.29, 0.717) is 19.0 Å². The highest BCUT2D eigenvalue weighted by Crippen LogP contribution is 2.24. The molecule has 0 unspecified atom stereocenters. The first kappa shape index (κ1) is 19.0. The second kappa shape index (κ2) is 10.6. The lowest BCUT2D eigenvalue weighted by Crippen LogP contribution is -2.40. The van der Waals surface area contributed by atoms with Crippen molar-refractivity contribution in [1.82, 2.24) is 4.90 Å². The first-order valence-electron chi connectivity index (χ1n) is 8.34. The van der Waals surface area contributed by atoms with Crippen LogP contribution in [0.4, 0.5) is 0 Å². The number of nitrogens with zero attached hydrogens (tertiary/aromatic N) is 1. The maximum Gasteiger partial charge on any atom is 0.225 e. The molecule has 3 nitrogen and oxygen atoms in total. The van der Waals surface area contributed by atoms with Crippen LogP contribution in [0.1, 0.15) is 44.1 Å². The van der Waals surface area contributed by atoms with Crippen molar-refractivity contribution in [1.29, 1.82) is 0 Å². The van der Waals surface area contributed by atoms with Crippen LogP contribution in [0.25, 0.3) is 0 Å². The largest absolute Gasteiger partial charge is 0.341 e. The number of hydrogen-bond donors (Lipinski definition) is 1. The Kier molecular flexibility index (Phi) is 9.17. The average molecular weight is 325 g/mol. The molecule has 0 aliphatic heterocycles. The Morgan fingerprint density at radius 3 is 2.27 bits per heavy atom. The molecule has 0 aromatic heterocycles. The number of carbonyl (C=O) groups excluding carboxylic acids is 1. The minimum Gasteiger partial charge on any atom is -0.341 e. The Morgan fingerprint density at radius 1 is 1.05 bits per heavy atom. The number of rotatable bonds is 6. The van der Waals surface area contributed by atoms with Crippen molar-refractivity contribution >= 4 is 18.3 Å². The van der Waals surface area contributed by atoms with E-state index in [-0.39, 0.29) is 18.3 Å². The fraction of sp³-hybridized carbons (Fsp3) is 0.611. The normalized spacial score (nSPS) is 15.7. The molecule has 0 spiro atoms. The molecule has 1 amide bonds. The van der Waals surface area contributed by atoms with Crippen molar-refractivity contribution in [2.75, 3.05) is 19.6 Å². The summed E-state index contributed by atoms with van der Waals surface area (Å²) in [6, 6.07) is 10.4. The van der Waals surface area contributed by atoms with Gasteiger partial charge in [-0.3, -0.25) is 4.79 Å². The van der Waals surface area contributed by atoms with Gasteiger partial charge < -0.3 is 10.6 Å². The predicted molar refractivity (Wildman–Crippen MR) is 94.2 cm³/mol. The van der Waals surface area contributed by atoms with E-state index >= 15 is 0 Å². The van der Waals surface area contributed by atoms with E-state index in [1.54, 1.807) is 0 Å². The fourth-order valence-corrected chi connectivity index (χ4v) is 3.18. The molecule has 2 N–H and O–H groups in total. The third-order valence-electron chi connectivity index (χ3n) is 4.43. The number of halogens is 1. The van der Waals surface area contributed by atoms with Crippen molar-refractivity contribution in [2.45, 2.75) is 44.9 Å². The zero-order chi connectivity index (χ0) is 14.9. The lowest BCUT2D eigenvalue weighted by molar-refractivity contribution is -0.135. The van der Waals surface area contributed by atoms with Gasteiger partial charge in [0.15, 0.2) is 0 Å². The van der Waals surface area contributed by atoms with Gasteiger partial charge in [0.2, 0.25) is 5.91 Å². The Labute approximate surface area is 140 Å². The summed E-state index contributed by atoms with van der Waals surface area (Å²) in [5.74, 6) is 0.563. The van der Waals surface area contributed by atoms with E-state index in [2.05, 4.69) is 24.3 Å². The van der Waals surface area contributed by atoms with E-state index in [4.69, 9.17) is 5.73 Å². The van der Waals surface area contributed by atoms with Crippen LogP contribution in [0.2, 0.25) is 0 Å². The Bertz CT molecular complexity index is 416. The van der Waals surface area contributed by atoms with Crippen LogP contribution in [0, 0.1) is 5.92 Å².